The van der Waals surface area contributed by atoms with E-state index in [1.54, 1.807) is 12.1 Å². The topological polar surface area (TPSA) is 59.2 Å². The van der Waals surface area contributed by atoms with E-state index in [-0.39, 0.29) is 11.9 Å². The van der Waals surface area contributed by atoms with E-state index in [0.29, 0.717) is 28.8 Å². The van der Waals surface area contributed by atoms with Crippen LogP contribution in [0.5, 0.6) is 0 Å². The molecule has 1 aliphatic rings. The van der Waals surface area contributed by atoms with Crippen molar-refractivity contribution < 1.29 is 9.32 Å². The van der Waals surface area contributed by atoms with Crippen molar-refractivity contribution in [2.75, 3.05) is 6.54 Å². The number of nitrogens with zero attached hydrogens (tertiary/aromatic N) is 3. The Labute approximate surface area is 170 Å². The van der Waals surface area contributed by atoms with Gasteiger partial charge < -0.3 is 9.42 Å². The lowest BCUT2D eigenvalue weighted by atomic mass is 10.0. The van der Waals surface area contributed by atoms with E-state index in [1.807, 2.05) is 41.3 Å². The number of rotatable bonds is 3. The second kappa shape index (κ2) is 7.82. The molecule has 138 valence electrons. The maximum absolute atomic E-state index is 13.0. The molecule has 0 radical (unpaired) electrons. The van der Waals surface area contributed by atoms with Gasteiger partial charge >= 0.3 is 0 Å². The zero-order valence-electron chi connectivity index (χ0n) is 14.4. The van der Waals surface area contributed by atoms with Crippen molar-refractivity contribution in [3.63, 3.8) is 0 Å². The van der Waals surface area contributed by atoms with Crippen molar-refractivity contribution >= 4 is 33.4 Å². The molecule has 1 fully saturated rings. The van der Waals surface area contributed by atoms with Gasteiger partial charge in [-0.1, -0.05) is 32.7 Å². The molecule has 0 saturated carbocycles. The first kappa shape index (κ1) is 18.2. The standard InChI is InChI=1S/C20H17BrClN3O2/c21-15-8-4-14(5-9-15)20(26)25-12-2-1-3-17(25)19-23-18(24-27-19)13-6-10-16(22)11-7-13/h4-11,17H,1-3,12H2. The lowest BCUT2D eigenvalue weighted by Gasteiger charge is -2.33. The van der Waals surface area contributed by atoms with Crippen LogP contribution < -0.4 is 0 Å². The van der Waals surface area contributed by atoms with E-state index in [4.69, 9.17) is 16.1 Å². The summed E-state index contributed by atoms with van der Waals surface area (Å²) in [6.45, 7) is 0.679. The molecule has 0 spiro atoms. The SMILES string of the molecule is O=C(c1ccc(Br)cc1)N1CCCCC1c1nc(-c2ccc(Cl)cc2)no1. The Balaban J connectivity index is 1.60. The van der Waals surface area contributed by atoms with Gasteiger partial charge in [-0.15, -0.1) is 0 Å². The van der Waals surface area contributed by atoms with Gasteiger partial charge in [-0.3, -0.25) is 4.79 Å². The Hall–Kier alpha value is -2.18. The summed E-state index contributed by atoms with van der Waals surface area (Å²) in [6.07, 6.45) is 2.80. The summed E-state index contributed by atoms with van der Waals surface area (Å²) in [5.41, 5.74) is 1.48. The minimum Gasteiger partial charge on any atom is -0.337 e. The number of carbonyl (C=O) groups is 1. The van der Waals surface area contributed by atoms with Gasteiger partial charge in [0.2, 0.25) is 11.7 Å². The average molecular weight is 447 g/mol. The van der Waals surface area contributed by atoms with E-state index in [2.05, 4.69) is 26.1 Å². The van der Waals surface area contributed by atoms with E-state index in [9.17, 15) is 4.79 Å². The number of carbonyl (C=O) groups excluding carboxylic acids is 1. The van der Waals surface area contributed by atoms with E-state index >= 15 is 0 Å². The van der Waals surface area contributed by atoms with Crippen LogP contribution in [0.2, 0.25) is 5.02 Å². The Kier molecular flexibility index (Phi) is 5.27. The highest BCUT2D eigenvalue weighted by molar-refractivity contribution is 9.10. The number of hydrogen-bond donors (Lipinski definition) is 0. The van der Waals surface area contributed by atoms with Crippen molar-refractivity contribution in [1.82, 2.24) is 15.0 Å². The minimum absolute atomic E-state index is 0.0153. The lowest BCUT2D eigenvalue weighted by molar-refractivity contribution is 0.0561. The number of amides is 1. The molecule has 1 aliphatic heterocycles. The molecule has 1 unspecified atom stereocenters. The maximum Gasteiger partial charge on any atom is 0.254 e. The Morgan fingerprint density at radius 2 is 1.85 bits per heavy atom. The summed E-state index contributed by atoms with van der Waals surface area (Å²) < 4.78 is 6.47. The van der Waals surface area contributed by atoms with E-state index in [1.165, 1.54) is 0 Å². The molecule has 1 amide bonds. The molecule has 7 heteroatoms. The summed E-state index contributed by atoms with van der Waals surface area (Å²) in [5, 5.41) is 4.75. The molecule has 0 N–H and O–H groups in total. The Morgan fingerprint density at radius 3 is 2.59 bits per heavy atom. The minimum atomic E-state index is -0.205. The van der Waals surface area contributed by atoms with Crippen molar-refractivity contribution in [2.24, 2.45) is 0 Å². The fourth-order valence-electron chi connectivity index (χ4n) is 3.28. The second-order valence-corrected chi connectivity index (χ2v) is 7.83. The summed E-state index contributed by atoms with van der Waals surface area (Å²) >= 11 is 9.34. The van der Waals surface area contributed by atoms with Gasteiger partial charge in [0.05, 0.1) is 0 Å². The molecule has 0 aliphatic carbocycles. The van der Waals surface area contributed by atoms with Gasteiger partial charge in [0.25, 0.3) is 5.91 Å². The van der Waals surface area contributed by atoms with Crippen molar-refractivity contribution in [3.05, 3.63) is 69.5 Å². The highest BCUT2D eigenvalue weighted by Crippen LogP contribution is 2.32. The van der Waals surface area contributed by atoms with Gasteiger partial charge in [0, 0.05) is 27.2 Å². The smallest absolute Gasteiger partial charge is 0.254 e. The molecule has 1 atom stereocenters. The predicted octanol–water partition coefficient (Wildman–Crippen LogP) is 5.52. The number of hydrogen-bond acceptors (Lipinski definition) is 4. The third-order valence-corrected chi connectivity index (χ3v) is 5.46. The van der Waals surface area contributed by atoms with Crippen LogP contribution in [-0.2, 0) is 0 Å². The molecule has 1 aromatic heterocycles. The van der Waals surface area contributed by atoms with Crippen LogP contribution in [0.25, 0.3) is 11.4 Å². The molecular weight excluding hydrogens is 430 g/mol. The van der Waals surface area contributed by atoms with Crippen LogP contribution >= 0.6 is 27.5 Å². The van der Waals surface area contributed by atoms with E-state index < -0.39 is 0 Å². The number of benzene rings is 2. The summed E-state index contributed by atoms with van der Waals surface area (Å²) in [6, 6.07) is 14.5. The second-order valence-electron chi connectivity index (χ2n) is 6.48. The molecule has 0 bridgehead atoms. The Morgan fingerprint density at radius 1 is 1.11 bits per heavy atom. The summed E-state index contributed by atoms with van der Waals surface area (Å²) in [7, 11) is 0. The first-order valence-corrected chi connectivity index (χ1v) is 9.95. The number of aromatic nitrogens is 2. The van der Waals surface area contributed by atoms with Crippen molar-refractivity contribution in [2.45, 2.75) is 25.3 Å². The van der Waals surface area contributed by atoms with Gasteiger partial charge in [-0.25, -0.2) is 0 Å². The third kappa shape index (κ3) is 3.92. The number of likely N-dealkylation sites (tertiary alicyclic amines) is 1. The highest BCUT2D eigenvalue weighted by Gasteiger charge is 2.32. The molecule has 5 nitrogen and oxygen atoms in total. The van der Waals surface area contributed by atoms with Gasteiger partial charge in [-0.2, -0.15) is 4.98 Å². The van der Waals surface area contributed by atoms with Crippen LogP contribution in [0.1, 0.15) is 41.6 Å². The monoisotopic (exact) mass is 445 g/mol. The maximum atomic E-state index is 13.0. The normalized spacial score (nSPS) is 17.1. The predicted molar refractivity (Wildman–Crippen MR) is 107 cm³/mol. The first-order valence-electron chi connectivity index (χ1n) is 8.78. The van der Waals surface area contributed by atoms with Crippen LogP contribution in [0.4, 0.5) is 0 Å². The van der Waals surface area contributed by atoms with Gasteiger partial charge in [0.1, 0.15) is 6.04 Å². The molecule has 4 rings (SSSR count). The lowest BCUT2D eigenvalue weighted by Crippen LogP contribution is -2.38. The molecule has 2 heterocycles. The van der Waals surface area contributed by atoms with Crippen molar-refractivity contribution in [1.29, 1.82) is 0 Å². The number of halogens is 2. The molecule has 1 saturated heterocycles. The zero-order chi connectivity index (χ0) is 18.8. The van der Waals surface area contributed by atoms with Crippen LogP contribution in [-0.4, -0.2) is 27.5 Å². The summed E-state index contributed by atoms with van der Waals surface area (Å²) in [5.74, 6) is 0.965. The third-order valence-electron chi connectivity index (χ3n) is 4.68. The van der Waals surface area contributed by atoms with Crippen molar-refractivity contribution in [3.8, 4) is 11.4 Å². The fraction of sp³-hybridized carbons (Fsp3) is 0.250. The van der Waals surface area contributed by atoms with Gasteiger partial charge in [0.15, 0.2) is 0 Å². The van der Waals surface area contributed by atoms with Crippen LogP contribution in [0, 0.1) is 0 Å². The first-order chi connectivity index (χ1) is 13.1. The molecule has 2 aromatic carbocycles. The Bertz CT molecular complexity index is 941. The molecule has 3 aromatic rings. The van der Waals surface area contributed by atoms with E-state index in [0.717, 1.165) is 29.3 Å². The molecule has 27 heavy (non-hydrogen) atoms. The molecular formula is C20H17BrClN3O2. The van der Waals surface area contributed by atoms with Crippen LogP contribution in [0.15, 0.2) is 57.5 Å². The van der Waals surface area contributed by atoms with Gasteiger partial charge in [-0.05, 0) is 67.8 Å². The fourth-order valence-corrected chi connectivity index (χ4v) is 3.67. The summed E-state index contributed by atoms with van der Waals surface area (Å²) in [4.78, 5) is 19.4. The average Bonchev–Trinajstić information content (AvgIpc) is 3.19. The highest BCUT2D eigenvalue weighted by atomic mass is 79.9. The quantitative estimate of drug-likeness (QED) is 0.531. The zero-order valence-corrected chi connectivity index (χ0v) is 16.8. The van der Waals surface area contributed by atoms with Crippen LogP contribution in [0.3, 0.4) is 0 Å². The number of piperidine rings is 1. The largest absolute Gasteiger partial charge is 0.337 e.